The summed E-state index contributed by atoms with van der Waals surface area (Å²) in [5.74, 6) is 0.119. The third-order valence-corrected chi connectivity index (χ3v) is 5.48. The van der Waals surface area contributed by atoms with E-state index in [0.717, 1.165) is 23.9 Å². The molecule has 1 atom stereocenters. The molecule has 0 saturated carbocycles. The fraction of sp³-hybridized carbons (Fsp3) is 0.556. The summed E-state index contributed by atoms with van der Waals surface area (Å²) in [6.45, 7) is 2.65. The monoisotopic (exact) mass is 394 g/mol. The van der Waals surface area contributed by atoms with Crippen LogP contribution in [0.5, 0.6) is 0 Å². The van der Waals surface area contributed by atoms with Crippen LogP contribution in [0.25, 0.3) is 0 Å². The molecule has 0 aliphatic carbocycles. The molecular formula is C18H23BrN2O3. The van der Waals surface area contributed by atoms with Gasteiger partial charge in [0.25, 0.3) is 5.91 Å². The van der Waals surface area contributed by atoms with Crippen molar-refractivity contribution in [3.05, 3.63) is 34.3 Å². The Morgan fingerprint density at radius 3 is 2.62 bits per heavy atom. The van der Waals surface area contributed by atoms with Crippen LogP contribution in [0.3, 0.4) is 0 Å². The predicted octanol–water partition coefficient (Wildman–Crippen LogP) is 2.60. The molecule has 3 rings (SSSR count). The second-order valence-electron chi connectivity index (χ2n) is 6.43. The number of benzene rings is 1. The third kappa shape index (κ3) is 4.16. The summed E-state index contributed by atoms with van der Waals surface area (Å²) in [7, 11) is 0. The van der Waals surface area contributed by atoms with E-state index in [1.165, 1.54) is 0 Å². The Morgan fingerprint density at radius 1 is 1.21 bits per heavy atom. The number of carbonyl (C=O) groups is 2. The van der Waals surface area contributed by atoms with Crippen molar-refractivity contribution in [2.24, 2.45) is 5.92 Å². The minimum atomic E-state index is -0.00494. The first-order valence-electron chi connectivity index (χ1n) is 8.58. The van der Waals surface area contributed by atoms with E-state index in [1.54, 1.807) is 0 Å². The fourth-order valence-electron chi connectivity index (χ4n) is 3.31. The number of piperidine rings is 1. The standard InChI is InChI=1S/C18H23BrN2O3/c19-16-6-2-1-5-15(16)18(23)21-9-7-13(8-10-21)17(22)20-12-14-4-3-11-24-14/h1-2,5-6,13-14H,3-4,7-12H2,(H,20,22). The molecule has 130 valence electrons. The Morgan fingerprint density at radius 2 is 1.96 bits per heavy atom. The summed E-state index contributed by atoms with van der Waals surface area (Å²) in [4.78, 5) is 26.7. The molecule has 0 radical (unpaired) electrons. The Hall–Kier alpha value is -1.40. The molecule has 2 heterocycles. The summed E-state index contributed by atoms with van der Waals surface area (Å²) in [6, 6.07) is 7.46. The highest BCUT2D eigenvalue weighted by atomic mass is 79.9. The second kappa shape index (κ2) is 8.12. The van der Waals surface area contributed by atoms with E-state index in [-0.39, 0.29) is 23.8 Å². The van der Waals surface area contributed by atoms with Crippen molar-refractivity contribution in [3.63, 3.8) is 0 Å². The number of hydrogen-bond acceptors (Lipinski definition) is 3. The number of ether oxygens (including phenoxy) is 1. The lowest BCUT2D eigenvalue weighted by Crippen LogP contribution is -2.44. The molecule has 5 nitrogen and oxygen atoms in total. The van der Waals surface area contributed by atoms with Crippen LogP contribution in [0.1, 0.15) is 36.0 Å². The van der Waals surface area contributed by atoms with Gasteiger partial charge in [-0.2, -0.15) is 0 Å². The van der Waals surface area contributed by atoms with E-state index in [4.69, 9.17) is 4.74 Å². The van der Waals surface area contributed by atoms with E-state index in [9.17, 15) is 9.59 Å². The molecule has 1 aromatic rings. The summed E-state index contributed by atoms with van der Waals surface area (Å²) in [5.41, 5.74) is 0.679. The van der Waals surface area contributed by atoms with Crippen LogP contribution in [0.4, 0.5) is 0 Å². The van der Waals surface area contributed by atoms with Gasteiger partial charge in [0, 0.05) is 36.6 Å². The van der Waals surface area contributed by atoms with Crippen molar-refractivity contribution in [1.82, 2.24) is 10.2 Å². The zero-order valence-electron chi connectivity index (χ0n) is 13.7. The Kier molecular flexibility index (Phi) is 5.89. The van der Waals surface area contributed by atoms with Gasteiger partial charge in [-0.25, -0.2) is 0 Å². The van der Waals surface area contributed by atoms with E-state index < -0.39 is 0 Å². The molecular weight excluding hydrogens is 372 g/mol. The van der Waals surface area contributed by atoms with Crippen LogP contribution in [0, 0.1) is 5.92 Å². The lowest BCUT2D eigenvalue weighted by molar-refractivity contribution is -0.126. The Labute approximate surface area is 150 Å². The van der Waals surface area contributed by atoms with Gasteiger partial charge in [-0.05, 0) is 53.7 Å². The summed E-state index contributed by atoms with van der Waals surface area (Å²) >= 11 is 3.43. The lowest BCUT2D eigenvalue weighted by Gasteiger charge is -2.31. The molecule has 2 aliphatic rings. The van der Waals surface area contributed by atoms with Gasteiger partial charge in [0.15, 0.2) is 0 Å². The van der Waals surface area contributed by atoms with Crippen LogP contribution in [-0.4, -0.2) is 49.1 Å². The van der Waals surface area contributed by atoms with Crippen LogP contribution >= 0.6 is 15.9 Å². The van der Waals surface area contributed by atoms with Crippen LogP contribution in [-0.2, 0) is 9.53 Å². The van der Waals surface area contributed by atoms with Crippen molar-refractivity contribution in [2.75, 3.05) is 26.2 Å². The average molecular weight is 395 g/mol. The highest BCUT2D eigenvalue weighted by molar-refractivity contribution is 9.10. The third-order valence-electron chi connectivity index (χ3n) is 4.79. The highest BCUT2D eigenvalue weighted by Gasteiger charge is 2.29. The maximum Gasteiger partial charge on any atom is 0.254 e. The van der Waals surface area contributed by atoms with Gasteiger partial charge in [0.2, 0.25) is 5.91 Å². The van der Waals surface area contributed by atoms with Crippen molar-refractivity contribution >= 4 is 27.7 Å². The van der Waals surface area contributed by atoms with Gasteiger partial charge in [0.05, 0.1) is 11.7 Å². The molecule has 2 fully saturated rings. The van der Waals surface area contributed by atoms with Gasteiger partial charge in [-0.3, -0.25) is 9.59 Å². The molecule has 0 bridgehead atoms. The van der Waals surface area contributed by atoms with Crippen LogP contribution in [0.15, 0.2) is 28.7 Å². The molecule has 24 heavy (non-hydrogen) atoms. The molecule has 6 heteroatoms. The van der Waals surface area contributed by atoms with Crippen molar-refractivity contribution in [3.8, 4) is 0 Å². The highest BCUT2D eigenvalue weighted by Crippen LogP contribution is 2.23. The molecule has 2 saturated heterocycles. The molecule has 1 N–H and O–H groups in total. The van der Waals surface area contributed by atoms with Gasteiger partial charge in [-0.1, -0.05) is 12.1 Å². The maximum atomic E-state index is 12.6. The van der Waals surface area contributed by atoms with Crippen molar-refractivity contribution in [1.29, 1.82) is 0 Å². The minimum Gasteiger partial charge on any atom is -0.376 e. The zero-order chi connectivity index (χ0) is 16.9. The summed E-state index contributed by atoms with van der Waals surface area (Å²) in [6.07, 6.45) is 3.71. The number of nitrogens with one attached hydrogen (secondary N) is 1. The van der Waals surface area contributed by atoms with Gasteiger partial charge >= 0.3 is 0 Å². The number of carbonyl (C=O) groups excluding carboxylic acids is 2. The topological polar surface area (TPSA) is 58.6 Å². The summed E-state index contributed by atoms with van der Waals surface area (Å²) < 4.78 is 6.34. The molecule has 2 amide bonds. The van der Waals surface area contributed by atoms with Crippen molar-refractivity contribution in [2.45, 2.75) is 31.8 Å². The zero-order valence-corrected chi connectivity index (χ0v) is 15.3. The van der Waals surface area contributed by atoms with Crippen LogP contribution in [0.2, 0.25) is 0 Å². The number of hydrogen-bond donors (Lipinski definition) is 1. The Bertz CT molecular complexity index is 594. The fourth-order valence-corrected chi connectivity index (χ4v) is 3.77. The predicted molar refractivity (Wildman–Crippen MR) is 94.8 cm³/mol. The normalized spacial score (nSPS) is 21.7. The SMILES string of the molecule is O=C(NCC1CCCO1)C1CCN(C(=O)c2ccccc2Br)CC1. The number of likely N-dealkylation sites (tertiary alicyclic amines) is 1. The minimum absolute atomic E-state index is 0.00494. The van der Waals surface area contributed by atoms with Gasteiger partial charge in [-0.15, -0.1) is 0 Å². The van der Waals surface area contributed by atoms with Gasteiger partial charge in [0.1, 0.15) is 0 Å². The van der Waals surface area contributed by atoms with E-state index in [0.29, 0.717) is 38.0 Å². The smallest absolute Gasteiger partial charge is 0.254 e. The quantitative estimate of drug-likeness (QED) is 0.853. The molecule has 0 spiro atoms. The number of halogens is 1. The second-order valence-corrected chi connectivity index (χ2v) is 7.28. The van der Waals surface area contributed by atoms with E-state index >= 15 is 0 Å². The van der Waals surface area contributed by atoms with Gasteiger partial charge < -0.3 is 15.0 Å². The largest absolute Gasteiger partial charge is 0.376 e. The molecule has 1 aromatic carbocycles. The van der Waals surface area contributed by atoms with Crippen molar-refractivity contribution < 1.29 is 14.3 Å². The van der Waals surface area contributed by atoms with E-state index in [1.807, 2.05) is 29.2 Å². The number of amides is 2. The molecule has 0 aromatic heterocycles. The lowest BCUT2D eigenvalue weighted by atomic mass is 9.95. The first-order chi connectivity index (χ1) is 11.6. The first kappa shape index (κ1) is 17.4. The average Bonchev–Trinajstić information content (AvgIpc) is 3.13. The maximum absolute atomic E-state index is 12.6. The molecule has 1 unspecified atom stereocenters. The number of nitrogens with zero attached hydrogens (tertiary/aromatic N) is 1. The first-order valence-corrected chi connectivity index (χ1v) is 9.37. The van der Waals surface area contributed by atoms with E-state index in [2.05, 4.69) is 21.2 Å². The molecule has 2 aliphatic heterocycles. The van der Waals surface area contributed by atoms with Crippen LogP contribution < -0.4 is 5.32 Å². The number of rotatable bonds is 4. The Balaban J connectivity index is 1.47. The summed E-state index contributed by atoms with van der Waals surface area (Å²) in [5, 5.41) is 3.00.